The van der Waals surface area contributed by atoms with Gasteiger partial charge in [-0.05, 0) is 83.6 Å². The van der Waals surface area contributed by atoms with E-state index >= 15 is 0 Å². The summed E-state index contributed by atoms with van der Waals surface area (Å²) in [5.41, 5.74) is 1.56. The molecule has 5 heteroatoms. The summed E-state index contributed by atoms with van der Waals surface area (Å²) in [7, 11) is 2.20. The molecule has 1 amide bonds. The van der Waals surface area contributed by atoms with Gasteiger partial charge in [-0.3, -0.25) is 9.69 Å². The van der Waals surface area contributed by atoms with E-state index in [-0.39, 0.29) is 11.9 Å². The van der Waals surface area contributed by atoms with Crippen molar-refractivity contribution >= 4 is 16.9 Å². The van der Waals surface area contributed by atoms with E-state index in [1.54, 1.807) is 0 Å². The third-order valence-corrected chi connectivity index (χ3v) is 5.89. The molecular weight excluding hydrogens is 326 g/mol. The molecule has 3 heterocycles. The Morgan fingerprint density at radius 1 is 1.15 bits per heavy atom. The molecule has 1 aromatic carbocycles. The van der Waals surface area contributed by atoms with Crippen LogP contribution >= 0.6 is 0 Å². The van der Waals surface area contributed by atoms with Crippen molar-refractivity contribution in [2.75, 3.05) is 33.2 Å². The van der Waals surface area contributed by atoms with Crippen LogP contribution in [-0.2, 0) is 0 Å². The molecule has 0 spiro atoms. The molecule has 1 aromatic heterocycles. The Morgan fingerprint density at radius 3 is 2.77 bits per heavy atom. The molecule has 0 saturated carbocycles. The molecular formula is C21H29N3O2. The number of carbonyl (C=O) groups is 1. The average Bonchev–Trinajstić information content (AvgIpc) is 3.01. The maximum atomic E-state index is 12.7. The number of amides is 1. The van der Waals surface area contributed by atoms with Crippen LogP contribution in [0.25, 0.3) is 11.0 Å². The van der Waals surface area contributed by atoms with Gasteiger partial charge in [-0.2, -0.15) is 0 Å². The number of nitrogens with one attached hydrogen (secondary N) is 1. The lowest BCUT2D eigenvalue weighted by Crippen LogP contribution is -2.53. The molecule has 1 N–H and O–H groups in total. The van der Waals surface area contributed by atoms with Crippen molar-refractivity contribution in [2.24, 2.45) is 0 Å². The van der Waals surface area contributed by atoms with Gasteiger partial charge >= 0.3 is 0 Å². The highest BCUT2D eigenvalue weighted by Crippen LogP contribution is 2.22. The van der Waals surface area contributed by atoms with Crippen LogP contribution in [-0.4, -0.2) is 61.0 Å². The molecule has 0 bridgehead atoms. The van der Waals surface area contributed by atoms with Gasteiger partial charge in [-0.15, -0.1) is 0 Å². The van der Waals surface area contributed by atoms with Gasteiger partial charge in [0.25, 0.3) is 5.91 Å². The number of nitrogens with zero attached hydrogens (tertiary/aromatic N) is 2. The standard InChI is InChI=1S/C21H29N3O2/c1-15-12-17-13-16(5-6-20(17)26-15)21(25)22-18-4-3-9-24(14-18)19-7-10-23(2)11-8-19/h5-6,12-13,18-19H,3-4,7-11,14H2,1-2H3,(H,22,25)/t18-/m1/s1. The van der Waals surface area contributed by atoms with Crippen LogP contribution in [0.1, 0.15) is 41.8 Å². The number of furan rings is 1. The summed E-state index contributed by atoms with van der Waals surface area (Å²) in [6.07, 6.45) is 4.72. The number of likely N-dealkylation sites (tertiary alicyclic amines) is 2. The van der Waals surface area contributed by atoms with E-state index in [1.165, 1.54) is 32.5 Å². The highest BCUT2D eigenvalue weighted by molar-refractivity contribution is 5.98. The predicted molar refractivity (Wildman–Crippen MR) is 104 cm³/mol. The fourth-order valence-electron chi connectivity index (χ4n) is 4.40. The smallest absolute Gasteiger partial charge is 0.251 e. The molecule has 140 valence electrons. The maximum absolute atomic E-state index is 12.7. The molecule has 1 atom stereocenters. The highest BCUT2D eigenvalue weighted by atomic mass is 16.3. The number of benzene rings is 1. The molecule has 2 fully saturated rings. The molecule has 2 aliphatic heterocycles. The zero-order chi connectivity index (χ0) is 18.1. The van der Waals surface area contributed by atoms with Gasteiger partial charge in [0.1, 0.15) is 11.3 Å². The summed E-state index contributed by atoms with van der Waals surface area (Å²) in [5, 5.41) is 4.26. The highest BCUT2D eigenvalue weighted by Gasteiger charge is 2.28. The first-order valence-electron chi connectivity index (χ1n) is 9.82. The third-order valence-electron chi connectivity index (χ3n) is 5.89. The number of aryl methyl sites for hydroxylation is 1. The zero-order valence-electron chi connectivity index (χ0n) is 15.8. The van der Waals surface area contributed by atoms with E-state index in [0.29, 0.717) is 6.04 Å². The Balaban J connectivity index is 1.38. The summed E-state index contributed by atoms with van der Waals surface area (Å²) < 4.78 is 5.60. The van der Waals surface area contributed by atoms with Crippen LogP contribution < -0.4 is 5.32 Å². The van der Waals surface area contributed by atoms with Gasteiger partial charge in [0, 0.05) is 29.6 Å². The van der Waals surface area contributed by atoms with Gasteiger partial charge in [-0.25, -0.2) is 0 Å². The molecule has 0 aliphatic carbocycles. The Hall–Kier alpha value is -1.85. The van der Waals surface area contributed by atoms with Crippen LogP contribution in [0.2, 0.25) is 0 Å². The second kappa shape index (κ2) is 7.41. The molecule has 2 aromatic rings. The topological polar surface area (TPSA) is 48.7 Å². The zero-order valence-corrected chi connectivity index (χ0v) is 15.8. The molecule has 4 rings (SSSR count). The fourth-order valence-corrected chi connectivity index (χ4v) is 4.40. The van der Waals surface area contributed by atoms with Gasteiger partial charge in [0.05, 0.1) is 0 Å². The van der Waals surface area contributed by atoms with Crippen LogP contribution in [0.5, 0.6) is 0 Å². The van der Waals surface area contributed by atoms with E-state index in [0.717, 1.165) is 41.7 Å². The van der Waals surface area contributed by atoms with Crippen molar-refractivity contribution in [1.82, 2.24) is 15.1 Å². The van der Waals surface area contributed by atoms with Crippen LogP contribution in [0, 0.1) is 6.92 Å². The number of rotatable bonds is 3. The monoisotopic (exact) mass is 355 g/mol. The molecule has 2 aliphatic rings. The quantitative estimate of drug-likeness (QED) is 0.919. The Labute approximate surface area is 155 Å². The lowest BCUT2D eigenvalue weighted by molar-refractivity contribution is 0.0766. The molecule has 2 saturated heterocycles. The lowest BCUT2D eigenvalue weighted by atomic mass is 9.98. The van der Waals surface area contributed by atoms with Crippen molar-refractivity contribution in [2.45, 2.75) is 44.7 Å². The van der Waals surface area contributed by atoms with Crippen LogP contribution in [0.15, 0.2) is 28.7 Å². The minimum absolute atomic E-state index is 0.0287. The summed E-state index contributed by atoms with van der Waals surface area (Å²) in [4.78, 5) is 17.7. The molecule has 26 heavy (non-hydrogen) atoms. The van der Waals surface area contributed by atoms with Crippen molar-refractivity contribution in [3.8, 4) is 0 Å². The minimum atomic E-state index is 0.0287. The Bertz CT molecular complexity index is 777. The number of carbonyl (C=O) groups excluding carboxylic acids is 1. The number of fused-ring (bicyclic) bond motifs is 1. The van der Waals surface area contributed by atoms with Crippen molar-refractivity contribution in [3.05, 3.63) is 35.6 Å². The maximum Gasteiger partial charge on any atom is 0.251 e. The Kier molecular flexibility index (Phi) is 5.00. The van der Waals surface area contributed by atoms with Crippen molar-refractivity contribution in [3.63, 3.8) is 0 Å². The summed E-state index contributed by atoms with van der Waals surface area (Å²) in [5.74, 6) is 0.902. The van der Waals surface area contributed by atoms with Crippen molar-refractivity contribution in [1.29, 1.82) is 0 Å². The summed E-state index contributed by atoms with van der Waals surface area (Å²) in [6.45, 7) is 6.44. The third kappa shape index (κ3) is 3.79. The first-order valence-corrected chi connectivity index (χ1v) is 9.82. The first-order chi connectivity index (χ1) is 12.6. The van der Waals surface area contributed by atoms with Gasteiger partial charge in [-0.1, -0.05) is 0 Å². The molecule has 0 radical (unpaired) electrons. The minimum Gasteiger partial charge on any atom is -0.461 e. The first kappa shape index (κ1) is 17.6. The molecule has 0 unspecified atom stereocenters. The second-order valence-electron chi connectivity index (χ2n) is 7.95. The molecule has 5 nitrogen and oxygen atoms in total. The normalized spacial score (nSPS) is 23.4. The van der Waals surface area contributed by atoms with Gasteiger partial charge < -0.3 is 14.6 Å². The van der Waals surface area contributed by atoms with E-state index < -0.39 is 0 Å². The van der Waals surface area contributed by atoms with E-state index in [2.05, 4.69) is 22.2 Å². The predicted octanol–water partition coefficient (Wildman–Crippen LogP) is 3.03. The van der Waals surface area contributed by atoms with Crippen LogP contribution in [0.3, 0.4) is 0 Å². The van der Waals surface area contributed by atoms with Crippen molar-refractivity contribution < 1.29 is 9.21 Å². The summed E-state index contributed by atoms with van der Waals surface area (Å²) >= 11 is 0. The van der Waals surface area contributed by atoms with Crippen LogP contribution in [0.4, 0.5) is 0 Å². The average molecular weight is 355 g/mol. The van der Waals surface area contributed by atoms with E-state index in [4.69, 9.17) is 4.42 Å². The van der Waals surface area contributed by atoms with E-state index in [9.17, 15) is 4.79 Å². The second-order valence-corrected chi connectivity index (χ2v) is 7.95. The lowest BCUT2D eigenvalue weighted by Gasteiger charge is -2.41. The number of hydrogen-bond donors (Lipinski definition) is 1. The number of hydrogen-bond acceptors (Lipinski definition) is 4. The van der Waals surface area contributed by atoms with Gasteiger partial charge in [0.15, 0.2) is 0 Å². The fraction of sp³-hybridized carbons (Fsp3) is 0.571. The Morgan fingerprint density at radius 2 is 1.96 bits per heavy atom. The SMILES string of the molecule is Cc1cc2cc(C(=O)N[C@@H]3CCCN(C4CCN(C)CC4)C3)ccc2o1. The summed E-state index contributed by atoms with van der Waals surface area (Å²) in [6, 6.07) is 8.59. The number of piperidine rings is 2. The van der Waals surface area contributed by atoms with Gasteiger partial charge in [0.2, 0.25) is 0 Å². The largest absolute Gasteiger partial charge is 0.461 e. The van der Waals surface area contributed by atoms with E-state index in [1.807, 2.05) is 31.2 Å².